The minimum absolute atomic E-state index is 0.192. The van der Waals surface area contributed by atoms with Crippen molar-refractivity contribution in [2.45, 2.75) is 25.5 Å². The highest BCUT2D eigenvalue weighted by Crippen LogP contribution is 2.30. The van der Waals surface area contributed by atoms with Crippen LogP contribution in [0.25, 0.3) is 11.1 Å². The molecule has 2 nitrogen and oxygen atoms in total. The maximum atomic E-state index is 14.5. The van der Waals surface area contributed by atoms with Gasteiger partial charge in [0.2, 0.25) is 0 Å². The van der Waals surface area contributed by atoms with E-state index in [0.29, 0.717) is 24.9 Å². The molecular weight excluding hydrogens is 329 g/mol. The summed E-state index contributed by atoms with van der Waals surface area (Å²) in [5.74, 6) is -0.192. The van der Waals surface area contributed by atoms with Gasteiger partial charge in [0.05, 0.1) is 13.2 Å². The van der Waals surface area contributed by atoms with E-state index in [0.717, 1.165) is 28.4 Å². The van der Waals surface area contributed by atoms with Gasteiger partial charge >= 0.3 is 0 Å². The summed E-state index contributed by atoms with van der Waals surface area (Å²) < 4.78 is 25.0. The lowest BCUT2D eigenvalue weighted by Gasteiger charge is -2.15. The van der Waals surface area contributed by atoms with Crippen molar-refractivity contribution in [1.29, 1.82) is 0 Å². The Balaban J connectivity index is 2.57. The molecule has 0 bridgehead atoms. The van der Waals surface area contributed by atoms with E-state index in [2.05, 4.69) is 30.6 Å². The summed E-state index contributed by atoms with van der Waals surface area (Å²) in [6, 6.07) is 9.84. The van der Waals surface area contributed by atoms with E-state index in [9.17, 15) is 4.39 Å². The topological polar surface area (TPSA) is 18.5 Å². The lowest BCUT2D eigenvalue weighted by atomic mass is 9.95. The van der Waals surface area contributed by atoms with Gasteiger partial charge in [-0.3, -0.25) is 0 Å². The molecule has 0 N–H and O–H groups in total. The van der Waals surface area contributed by atoms with E-state index in [-0.39, 0.29) is 5.82 Å². The van der Waals surface area contributed by atoms with Crippen LogP contribution in [0.3, 0.4) is 0 Å². The Morgan fingerprint density at radius 1 is 0.913 bits per heavy atom. The van der Waals surface area contributed by atoms with Crippen molar-refractivity contribution in [3.63, 3.8) is 0 Å². The molecule has 0 aliphatic carbocycles. The zero-order chi connectivity index (χ0) is 16.8. The van der Waals surface area contributed by atoms with Gasteiger partial charge in [-0.05, 0) is 57.8 Å². The highest BCUT2D eigenvalue weighted by Gasteiger charge is 2.13. The smallest absolute Gasteiger partial charge is 0.127 e. The van der Waals surface area contributed by atoms with Crippen LogP contribution in [0.4, 0.5) is 4.39 Å². The maximum Gasteiger partial charge on any atom is 0.127 e. The second kappa shape index (κ2) is 8.85. The molecule has 0 heterocycles. The normalized spacial score (nSPS) is 11.0. The fourth-order valence-electron chi connectivity index (χ4n) is 2.69. The third kappa shape index (κ3) is 4.37. The van der Waals surface area contributed by atoms with Crippen LogP contribution in [0.2, 0.25) is 0 Å². The van der Waals surface area contributed by atoms with Gasteiger partial charge in [0.15, 0.2) is 0 Å². The van der Waals surface area contributed by atoms with Gasteiger partial charge in [-0.1, -0.05) is 18.2 Å². The van der Waals surface area contributed by atoms with Gasteiger partial charge in [-0.25, -0.2) is 4.39 Å². The van der Waals surface area contributed by atoms with Crippen LogP contribution in [-0.4, -0.2) is 14.2 Å². The van der Waals surface area contributed by atoms with Gasteiger partial charge in [0, 0.05) is 14.2 Å². The molecule has 0 fully saturated rings. The van der Waals surface area contributed by atoms with Crippen LogP contribution in [0.5, 0.6) is 0 Å². The molecule has 23 heavy (non-hydrogen) atoms. The Bertz CT molecular complexity index is 674. The third-order valence-corrected chi connectivity index (χ3v) is 4.69. The Hall–Kier alpha value is -0.850. The van der Waals surface area contributed by atoms with Gasteiger partial charge in [0.25, 0.3) is 0 Å². The molecule has 2 aromatic rings. The van der Waals surface area contributed by atoms with E-state index >= 15 is 0 Å². The number of hydrogen-bond donors (Lipinski definition) is 0. The second-order valence-corrected chi connectivity index (χ2v) is 6.18. The molecule has 2 atom stereocenters. The molecule has 0 saturated carbocycles. The van der Waals surface area contributed by atoms with Crippen molar-refractivity contribution in [3.8, 4) is 11.1 Å². The monoisotopic (exact) mass is 352 g/mol. The van der Waals surface area contributed by atoms with Crippen LogP contribution in [0, 0.1) is 5.82 Å². The van der Waals surface area contributed by atoms with Crippen molar-refractivity contribution in [1.82, 2.24) is 0 Å². The summed E-state index contributed by atoms with van der Waals surface area (Å²) in [5, 5.41) is 0. The molecule has 0 spiro atoms. The zero-order valence-electron chi connectivity index (χ0n) is 13.6. The quantitative estimate of drug-likeness (QED) is 0.682. The van der Waals surface area contributed by atoms with Gasteiger partial charge in [-0.15, -0.1) is 18.5 Å². The molecule has 0 amide bonds. The van der Waals surface area contributed by atoms with Crippen LogP contribution in [0.15, 0.2) is 30.3 Å². The van der Waals surface area contributed by atoms with Crippen molar-refractivity contribution in [2.24, 2.45) is 0 Å². The Labute approximate surface area is 142 Å². The minimum atomic E-state index is -0.192. The molecule has 0 aromatic heterocycles. The average molecular weight is 352 g/mol. The first-order valence-electron chi connectivity index (χ1n) is 7.46. The number of ether oxygens (including phenoxy) is 2. The Morgan fingerprint density at radius 3 is 2.22 bits per heavy atom. The predicted molar refractivity (Wildman–Crippen MR) is 100 cm³/mol. The molecule has 0 radical (unpaired) electrons. The van der Waals surface area contributed by atoms with Crippen molar-refractivity contribution >= 4 is 18.5 Å². The lowest BCUT2D eigenvalue weighted by Crippen LogP contribution is -2.00. The number of hydrogen-bond acceptors (Lipinski definition) is 2. The van der Waals surface area contributed by atoms with Crippen LogP contribution in [0.1, 0.15) is 22.3 Å². The van der Waals surface area contributed by atoms with E-state index in [4.69, 9.17) is 9.47 Å². The Kier molecular flexibility index (Phi) is 7.11. The lowest BCUT2D eigenvalue weighted by molar-refractivity contribution is 0.184. The van der Waals surface area contributed by atoms with E-state index in [1.165, 1.54) is 5.56 Å². The first-order valence-corrected chi connectivity index (χ1v) is 9.09. The molecule has 0 aliphatic heterocycles. The summed E-state index contributed by atoms with van der Waals surface area (Å²) in [5.41, 5.74) is 5.71. The molecular formula is C18H23FO2P2. The zero-order valence-corrected chi connectivity index (χ0v) is 15.9. The fourth-order valence-corrected chi connectivity index (χ4v) is 3.40. The standard InChI is InChI=1S/C18H23FO2P2/c1-20-8-14-5-12(10-22)3-4-16(14)13-6-15(9-21-2)17(11-23)18(19)7-13/h3-7H,8-11,22-23H2,1-2H3. The largest absolute Gasteiger partial charge is 0.380 e. The maximum absolute atomic E-state index is 14.5. The molecule has 2 rings (SSSR count). The van der Waals surface area contributed by atoms with E-state index < -0.39 is 0 Å². The van der Waals surface area contributed by atoms with Crippen LogP contribution in [-0.2, 0) is 35.0 Å². The molecule has 0 saturated heterocycles. The third-order valence-electron chi connectivity index (χ3n) is 3.81. The second-order valence-electron chi connectivity index (χ2n) is 5.36. The fraction of sp³-hybridized carbons (Fsp3) is 0.333. The first kappa shape index (κ1) is 18.5. The average Bonchev–Trinajstić information content (AvgIpc) is 2.55. The number of benzene rings is 2. The number of rotatable bonds is 7. The van der Waals surface area contributed by atoms with E-state index in [1.807, 2.05) is 12.1 Å². The van der Waals surface area contributed by atoms with Gasteiger partial charge < -0.3 is 9.47 Å². The summed E-state index contributed by atoms with van der Waals surface area (Å²) in [7, 11) is 8.59. The Morgan fingerprint density at radius 2 is 1.61 bits per heavy atom. The molecule has 2 aromatic carbocycles. The predicted octanol–water partition coefficient (Wildman–Crippen LogP) is 4.54. The van der Waals surface area contributed by atoms with E-state index in [1.54, 1.807) is 20.3 Å². The molecule has 0 aliphatic rings. The molecule has 2 unspecified atom stereocenters. The van der Waals surface area contributed by atoms with Crippen molar-refractivity contribution < 1.29 is 13.9 Å². The number of halogens is 1. The van der Waals surface area contributed by atoms with Crippen LogP contribution < -0.4 is 0 Å². The summed E-state index contributed by atoms with van der Waals surface area (Å²) in [6.07, 6.45) is 1.45. The van der Waals surface area contributed by atoms with Gasteiger partial charge in [0.1, 0.15) is 5.82 Å². The molecule has 124 valence electrons. The highest BCUT2D eigenvalue weighted by molar-refractivity contribution is 7.15. The van der Waals surface area contributed by atoms with Crippen molar-refractivity contribution in [2.75, 3.05) is 14.2 Å². The van der Waals surface area contributed by atoms with Crippen LogP contribution >= 0.6 is 18.5 Å². The minimum Gasteiger partial charge on any atom is -0.380 e. The van der Waals surface area contributed by atoms with Crippen molar-refractivity contribution in [3.05, 3.63) is 58.4 Å². The molecule has 5 heteroatoms. The van der Waals surface area contributed by atoms with Gasteiger partial charge in [-0.2, -0.15) is 0 Å². The summed E-state index contributed by atoms with van der Waals surface area (Å²) in [4.78, 5) is 0. The first-order chi connectivity index (χ1) is 11.1. The summed E-state index contributed by atoms with van der Waals surface area (Å²) in [6.45, 7) is 0.901. The SMILES string of the molecule is COCc1cc(CP)ccc1-c1cc(F)c(CP)c(COC)c1. The number of methoxy groups -OCH3 is 2. The summed E-state index contributed by atoms with van der Waals surface area (Å²) >= 11 is 0. The highest BCUT2D eigenvalue weighted by atomic mass is 31.0.